The van der Waals surface area contributed by atoms with Crippen molar-refractivity contribution in [3.05, 3.63) is 10.8 Å². The van der Waals surface area contributed by atoms with Crippen molar-refractivity contribution in [2.75, 3.05) is 30.4 Å². The van der Waals surface area contributed by atoms with Crippen LogP contribution in [0.3, 0.4) is 0 Å². The fourth-order valence-corrected chi connectivity index (χ4v) is 3.04. The van der Waals surface area contributed by atoms with Crippen molar-refractivity contribution in [3.63, 3.8) is 0 Å². The summed E-state index contributed by atoms with van der Waals surface area (Å²) in [7, 11) is 1.88. The second-order valence-electron chi connectivity index (χ2n) is 5.61. The molecule has 1 aromatic heterocycles. The van der Waals surface area contributed by atoms with Crippen LogP contribution >= 0.6 is 15.9 Å². The van der Waals surface area contributed by atoms with E-state index in [4.69, 9.17) is 0 Å². The Hall–Kier alpha value is -0.840. The summed E-state index contributed by atoms with van der Waals surface area (Å²) in [5.41, 5.74) is 0.445. The highest BCUT2D eigenvalue weighted by molar-refractivity contribution is 9.10. The zero-order valence-corrected chi connectivity index (χ0v) is 12.9. The smallest absolute Gasteiger partial charge is 0.148 e. The van der Waals surface area contributed by atoms with Crippen LogP contribution in [0.15, 0.2) is 10.8 Å². The van der Waals surface area contributed by atoms with Crippen LogP contribution in [0.2, 0.25) is 0 Å². The maximum absolute atomic E-state index is 4.43. The number of rotatable bonds is 2. The SMILES string of the molecule is CNc1ncnc(N2CCCC(C)(C)CC2)c1Br. The molecule has 1 saturated heterocycles. The largest absolute Gasteiger partial charge is 0.372 e. The van der Waals surface area contributed by atoms with E-state index in [9.17, 15) is 0 Å². The minimum atomic E-state index is 0.445. The molecule has 100 valence electrons. The Morgan fingerprint density at radius 2 is 2.06 bits per heavy atom. The van der Waals surface area contributed by atoms with E-state index in [1.807, 2.05) is 7.05 Å². The Labute approximate surface area is 117 Å². The zero-order valence-electron chi connectivity index (χ0n) is 11.3. The molecule has 1 aliphatic heterocycles. The standard InChI is InChI=1S/C13H21BrN4/c1-13(2)5-4-7-18(8-6-13)12-10(14)11(15-3)16-9-17-12/h9H,4-8H2,1-3H3,(H,15,16,17). The fourth-order valence-electron chi connectivity index (χ4n) is 2.39. The van der Waals surface area contributed by atoms with E-state index >= 15 is 0 Å². The first kappa shape index (κ1) is 13.6. The predicted octanol–water partition coefficient (Wildman–Crippen LogP) is 3.30. The topological polar surface area (TPSA) is 41.1 Å². The third-order valence-corrected chi connectivity index (χ3v) is 4.38. The average molecular weight is 313 g/mol. The third-order valence-electron chi connectivity index (χ3n) is 3.65. The van der Waals surface area contributed by atoms with Crippen molar-refractivity contribution < 1.29 is 0 Å². The second kappa shape index (κ2) is 5.43. The van der Waals surface area contributed by atoms with Crippen molar-refractivity contribution in [3.8, 4) is 0 Å². The van der Waals surface area contributed by atoms with Gasteiger partial charge >= 0.3 is 0 Å². The van der Waals surface area contributed by atoms with Gasteiger partial charge in [-0.1, -0.05) is 13.8 Å². The molecule has 0 aromatic carbocycles. The molecule has 4 nitrogen and oxygen atoms in total. The molecule has 0 amide bonds. The molecule has 2 heterocycles. The predicted molar refractivity (Wildman–Crippen MR) is 79.1 cm³/mol. The Bertz CT molecular complexity index is 419. The van der Waals surface area contributed by atoms with Gasteiger partial charge < -0.3 is 10.2 Å². The first-order valence-corrected chi connectivity index (χ1v) is 7.26. The maximum Gasteiger partial charge on any atom is 0.148 e. The molecule has 0 radical (unpaired) electrons. The van der Waals surface area contributed by atoms with Crippen LogP contribution in [0, 0.1) is 5.41 Å². The second-order valence-corrected chi connectivity index (χ2v) is 6.41. The van der Waals surface area contributed by atoms with Crippen LogP contribution in [0.5, 0.6) is 0 Å². The molecular formula is C13H21BrN4. The molecule has 1 fully saturated rings. The first-order valence-electron chi connectivity index (χ1n) is 6.47. The quantitative estimate of drug-likeness (QED) is 0.909. The molecule has 5 heteroatoms. The lowest BCUT2D eigenvalue weighted by molar-refractivity contribution is 0.325. The van der Waals surface area contributed by atoms with Crippen molar-refractivity contribution in [1.82, 2.24) is 9.97 Å². The number of anilines is 2. The lowest BCUT2D eigenvalue weighted by Crippen LogP contribution is -2.26. The van der Waals surface area contributed by atoms with Gasteiger partial charge in [0.25, 0.3) is 0 Å². The van der Waals surface area contributed by atoms with Gasteiger partial charge in [0.05, 0.1) is 0 Å². The molecule has 0 bridgehead atoms. The van der Waals surface area contributed by atoms with Gasteiger partial charge in [0.2, 0.25) is 0 Å². The third kappa shape index (κ3) is 2.94. The van der Waals surface area contributed by atoms with Gasteiger partial charge in [-0.15, -0.1) is 0 Å². The molecular weight excluding hydrogens is 292 g/mol. The number of nitrogens with one attached hydrogen (secondary N) is 1. The fraction of sp³-hybridized carbons (Fsp3) is 0.692. The summed E-state index contributed by atoms with van der Waals surface area (Å²) in [5.74, 6) is 1.86. The Morgan fingerprint density at radius 1 is 1.28 bits per heavy atom. The summed E-state index contributed by atoms with van der Waals surface area (Å²) in [6.07, 6.45) is 5.34. The highest BCUT2D eigenvalue weighted by Crippen LogP contribution is 2.34. The van der Waals surface area contributed by atoms with Gasteiger partial charge in [0.1, 0.15) is 22.4 Å². The van der Waals surface area contributed by atoms with Gasteiger partial charge in [0, 0.05) is 20.1 Å². The normalized spacial score (nSPS) is 19.4. The molecule has 0 aliphatic carbocycles. The highest BCUT2D eigenvalue weighted by atomic mass is 79.9. The van der Waals surface area contributed by atoms with Gasteiger partial charge in [-0.2, -0.15) is 0 Å². The Morgan fingerprint density at radius 3 is 2.78 bits per heavy atom. The average Bonchev–Trinajstić information content (AvgIpc) is 2.51. The van der Waals surface area contributed by atoms with Gasteiger partial charge in [-0.3, -0.25) is 0 Å². The van der Waals surface area contributed by atoms with Crippen molar-refractivity contribution in [2.45, 2.75) is 33.1 Å². The minimum Gasteiger partial charge on any atom is -0.372 e. The summed E-state index contributed by atoms with van der Waals surface area (Å²) in [6, 6.07) is 0. The van der Waals surface area contributed by atoms with Crippen LogP contribution in [-0.4, -0.2) is 30.1 Å². The van der Waals surface area contributed by atoms with Crippen LogP contribution in [0.25, 0.3) is 0 Å². The van der Waals surface area contributed by atoms with E-state index in [1.54, 1.807) is 6.33 Å². The zero-order chi connectivity index (χ0) is 13.2. The van der Waals surface area contributed by atoms with E-state index in [0.717, 1.165) is 29.2 Å². The minimum absolute atomic E-state index is 0.445. The monoisotopic (exact) mass is 312 g/mol. The summed E-state index contributed by atoms with van der Waals surface area (Å²) in [6.45, 7) is 6.84. The molecule has 1 N–H and O–H groups in total. The van der Waals surface area contributed by atoms with E-state index in [2.05, 4.69) is 50.0 Å². The number of hydrogen-bond donors (Lipinski definition) is 1. The van der Waals surface area contributed by atoms with E-state index in [1.165, 1.54) is 19.3 Å². The highest BCUT2D eigenvalue weighted by Gasteiger charge is 2.25. The lowest BCUT2D eigenvalue weighted by atomic mass is 9.85. The summed E-state index contributed by atoms with van der Waals surface area (Å²) < 4.78 is 0.965. The molecule has 0 saturated carbocycles. The molecule has 18 heavy (non-hydrogen) atoms. The number of hydrogen-bond acceptors (Lipinski definition) is 4. The Balaban J connectivity index is 2.21. The van der Waals surface area contributed by atoms with Gasteiger partial charge in [-0.05, 0) is 40.6 Å². The van der Waals surface area contributed by atoms with Crippen molar-refractivity contribution in [2.24, 2.45) is 5.41 Å². The molecule has 2 rings (SSSR count). The molecule has 1 aliphatic rings. The van der Waals surface area contributed by atoms with E-state index in [0.29, 0.717) is 5.41 Å². The molecule has 0 unspecified atom stereocenters. The van der Waals surface area contributed by atoms with Crippen LogP contribution in [0.1, 0.15) is 33.1 Å². The van der Waals surface area contributed by atoms with Gasteiger partial charge in [-0.25, -0.2) is 9.97 Å². The Kier molecular flexibility index (Phi) is 4.10. The van der Waals surface area contributed by atoms with Crippen LogP contribution in [0.4, 0.5) is 11.6 Å². The lowest BCUT2D eigenvalue weighted by Gasteiger charge is -2.25. The molecule has 1 aromatic rings. The van der Waals surface area contributed by atoms with Crippen molar-refractivity contribution in [1.29, 1.82) is 0 Å². The van der Waals surface area contributed by atoms with E-state index in [-0.39, 0.29) is 0 Å². The van der Waals surface area contributed by atoms with Crippen molar-refractivity contribution >= 4 is 27.6 Å². The first-order chi connectivity index (χ1) is 8.53. The number of aromatic nitrogens is 2. The van der Waals surface area contributed by atoms with E-state index < -0.39 is 0 Å². The summed E-state index contributed by atoms with van der Waals surface area (Å²) in [5, 5.41) is 3.08. The van der Waals surface area contributed by atoms with Crippen LogP contribution in [-0.2, 0) is 0 Å². The van der Waals surface area contributed by atoms with Gasteiger partial charge in [0.15, 0.2) is 0 Å². The molecule has 0 atom stereocenters. The summed E-state index contributed by atoms with van der Waals surface area (Å²) in [4.78, 5) is 11.0. The number of nitrogens with zero attached hydrogens (tertiary/aromatic N) is 3. The molecule has 0 spiro atoms. The summed E-state index contributed by atoms with van der Waals surface area (Å²) >= 11 is 3.60. The maximum atomic E-state index is 4.43. The van der Waals surface area contributed by atoms with Crippen LogP contribution < -0.4 is 10.2 Å². The number of halogens is 1.